The third-order valence-corrected chi connectivity index (χ3v) is 4.22. The molecule has 19 heavy (non-hydrogen) atoms. The Kier molecular flexibility index (Phi) is 3.93. The van der Waals surface area contributed by atoms with E-state index in [9.17, 15) is 12.8 Å². The van der Waals surface area contributed by atoms with E-state index >= 15 is 0 Å². The van der Waals surface area contributed by atoms with Crippen LogP contribution in [0, 0.1) is 5.82 Å². The first-order valence-electron chi connectivity index (χ1n) is 4.98. The van der Waals surface area contributed by atoms with E-state index in [0.717, 1.165) is 6.07 Å². The van der Waals surface area contributed by atoms with Crippen LogP contribution in [0.4, 0.5) is 10.1 Å². The fraction of sp³-hybridized carbons (Fsp3) is 0. The maximum Gasteiger partial charge on any atom is 0.264 e. The number of pyridine rings is 1. The molecule has 0 amide bonds. The van der Waals surface area contributed by atoms with Crippen LogP contribution in [0.2, 0.25) is 10.0 Å². The Hall–Kier alpha value is -1.37. The highest BCUT2D eigenvalue weighted by molar-refractivity contribution is 7.92. The summed E-state index contributed by atoms with van der Waals surface area (Å²) in [5, 5.41) is -0.124. The zero-order valence-electron chi connectivity index (χ0n) is 9.27. The second-order valence-corrected chi connectivity index (χ2v) is 5.98. The van der Waals surface area contributed by atoms with Gasteiger partial charge in [0.05, 0.1) is 21.9 Å². The molecule has 1 aromatic carbocycles. The van der Waals surface area contributed by atoms with Crippen molar-refractivity contribution in [3.63, 3.8) is 0 Å². The summed E-state index contributed by atoms with van der Waals surface area (Å²) in [7, 11) is -4.12. The van der Waals surface area contributed by atoms with Gasteiger partial charge in [0.2, 0.25) is 0 Å². The maximum absolute atomic E-state index is 13.7. The molecule has 0 saturated carbocycles. The van der Waals surface area contributed by atoms with Crippen LogP contribution in [0.3, 0.4) is 0 Å². The van der Waals surface area contributed by atoms with Crippen LogP contribution in [0.5, 0.6) is 0 Å². The van der Waals surface area contributed by atoms with Gasteiger partial charge in [-0.1, -0.05) is 29.3 Å². The Labute approximate surface area is 119 Å². The number of hydrogen-bond donors (Lipinski definition) is 1. The number of aromatic nitrogens is 1. The summed E-state index contributed by atoms with van der Waals surface area (Å²) in [6, 6.07) is 5.11. The van der Waals surface area contributed by atoms with E-state index in [1.165, 1.54) is 30.6 Å². The van der Waals surface area contributed by atoms with Gasteiger partial charge in [-0.05, 0) is 18.2 Å². The van der Waals surface area contributed by atoms with Crippen molar-refractivity contribution in [3.8, 4) is 0 Å². The molecule has 1 N–H and O–H groups in total. The van der Waals surface area contributed by atoms with Gasteiger partial charge in [-0.2, -0.15) is 0 Å². The van der Waals surface area contributed by atoms with E-state index in [1.54, 1.807) is 0 Å². The fourth-order valence-corrected chi connectivity index (χ4v) is 2.95. The number of hydrogen-bond acceptors (Lipinski definition) is 3. The zero-order chi connectivity index (χ0) is 14.0. The predicted octanol–water partition coefficient (Wildman–Crippen LogP) is 3.33. The van der Waals surface area contributed by atoms with E-state index in [2.05, 4.69) is 9.71 Å². The molecule has 0 aliphatic heterocycles. The highest BCUT2D eigenvalue weighted by atomic mass is 35.5. The first-order chi connectivity index (χ1) is 8.92. The summed E-state index contributed by atoms with van der Waals surface area (Å²) in [6.45, 7) is 0. The normalized spacial score (nSPS) is 11.3. The van der Waals surface area contributed by atoms with Crippen LogP contribution < -0.4 is 4.72 Å². The number of rotatable bonds is 3. The van der Waals surface area contributed by atoms with Gasteiger partial charge in [-0.3, -0.25) is 9.71 Å². The molecular formula is C11H7Cl2FN2O2S. The van der Waals surface area contributed by atoms with Crippen molar-refractivity contribution in [1.82, 2.24) is 4.98 Å². The van der Waals surface area contributed by atoms with Gasteiger partial charge < -0.3 is 0 Å². The van der Waals surface area contributed by atoms with Crippen LogP contribution in [-0.4, -0.2) is 13.4 Å². The number of sulfonamides is 1. The predicted molar refractivity (Wildman–Crippen MR) is 71.5 cm³/mol. The summed E-state index contributed by atoms with van der Waals surface area (Å²) in [5.41, 5.74) is 0.0588. The van der Waals surface area contributed by atoms with Gasteiger partial charge in [0.1, 0.15) is 4.90 Å². The van der Waals surface area contributed by atoms with Crippen molar-refractivity contribution in [2.24, 2.45) is 0 Å². The van der Waals surface area contributed by atoms with Gasteiger partial charge in [0.25, 0.3) is 10.0 Å². The largest absolute Gasteiger partial charge is 0.276 e. The fourth-order valence-electron chi connectivity index (χ4n) is 1.34. The molecule has 0 aliphatic carbocycles. The molecule has 1 heterocycles. The molecule has 0 bridgehead atoms. The Morgan fingerprint density at radius 1 is 1.16 bits per heavy atom. The smallest absolute Gasteiger partial charge is 0.264 e. The third kappa shape index (κ3) is 2.97. The second-order valence-electron chi connectivity index (χ2n) is 3.51. The maximum atomic E-state index is 13.7. The minimum Gasteiger partial charge on any atom is -0.276 e. The van der Waals surface area contributed by atoms with E-state index in [0.29, 0.717) is 0 Å². The summed E-state index contributed by atoms with van der Waals surface area (Å²) in [5.74, 6) is -1.02. The molecule has 0 atom stereocenters. The number of nitrogens with zero attached hydrogens (tertiary/aromatic N) is 1. The highest BCUT2D eigenvalue weighted by Crippen LogP contribution is 2.26. The number of benzene rings is 1. The molecule has 0 saturated heterocycles. The van der Waals surface area contributed by atoms with Crippen molar-refractivity contribution < 1.29 is 12.8 Å². The van der Waals surface area contributed by atoms with Crippen molar-refractivity contribution in [1.29, 1.82) is 0 Å². The summed E-state index contributed by atoms with van der Waals surface area (Å²) in [6.07, 6.45) is 2.63. The van der Waals surface area contributed by atoms with E-state index in [-0.39, 0.29) is 15.7 Å². The lowest BCUT2D eigenvalue weighted by Gasteiger charge is -2.10. The minimum absolute atomic E-state index is 0.0588. The SMILES string of the molecule is O=S(=O)(Nc1cnccc1Cl)c1cccc(Cl)c1F. The molecule has 1 aromatic heterocycles. The molecule has 8 heteroatoms. The molecule has 0 unspecified atom stereocenters. The average Bonchev–Trinajstić information content (AvgIpc) is 2.35. The van der Waals surface area contributed by atoms with Gasteiger partial charge in [0, 0.05) is 6.20 Å². The third-order valence-electron chi connectivity index (χ3n) is 2.22. The summed E-state index contributed by atoms with van der Waals surface area (Å²) >= 11 is 11.4. The Bertz CT molecular complexity index is 722. The molecule has 100 valence electrons. The number of anilines is 1. The first-order valence-corrected chi connectivity index (χ1v) is 7.22. The van der Waals surface area contributed by atoms with Gasteiger partial charge in [-0.25, -0.2) is 12.8 Å². The molecule has 0 fully saturated rings. The lowest BCUT2D eigenvalue weighted by atomic mass is 10.3. The molecule has 2 aromatic rings. The van der Waals surface area contributed by atoms with Crippen LogP contribution in [0.25, 0.3) is 0 Å². The van der Waals surface area contributed by atoms with E-state index < -0.39 is 20.7 Å². The molecular weight excluding hydrogens is 314 g/mol. The number of nitrogens with one attached hydrogen (secondary N) is 1. The summed E-state index contributed by atoms with van der Waals surface area (Å²) in [4.78, 5) is 3.18. The van der Waals surface area contributed by atoms with Crippen molar-refractivity contribution in [2.75, 3.05) is 4.72 Å². The monoisotopic (exact) mass is 320 g/mol. The van der Waals surface area contributed by atoms with Crippen LogP contribution in [-0.2, 0) is 10.0 Å². The second kappa shape index (κ2) is 5.32. The molecule has 0 aliphatic rings. The van der Waals surface area contributed by atoms with Gasteiger partial charge >= 0.3 is 0 Å². The Morgan fingerprint density at radius 2 is 1.89 bits per heavy atom. The van der Waals surface area contributed by atoms with Crippen LogP contribution in [0.15, 0.2) is 41.6 Å². The first kappa shape index (κ1) is 14.0. The molecule has 4 nitrogen and oxygen atoms in total. The number of halogens is 3. The van der Waals surface area contributed by atoms with E-state index in [4.69, 9.17) is 23.2 Å². The van der Waals surface area contributed by atoms with Crippen molar-refractivity contribution in [3.05, 3.63) is 52.5 Å². The average molecular weight is 321 g/mol. The lowest BCUT2D eigenvalue weighted by molar-refractivity contribution is 0.570. The van der Waals surface area contributed by atoms with Crippen LogP contribution >= 0.6 is 23.2 Å². The molecule has 2 rings (SSSR count). The standard InChI is InChI=1S/C11H7Cl2FN2O2S/c12-7-4-5-15-6-9(7)16-19(17,18)10-3-1-2-8(13)11(10)14/h1-6,16H. The minimum atomic E-state index is -4.12. The van der Waals surface area contributed by atoms with Crippen LogP contribution in [0.1, 0.15) is 0 Å². The van der Waals surface area contributed by atoms with Crippen molar-refractivity contribution >= 4 is 38.9 Å². The van der Waals surface area contributed by atoms with Gasteiger partial charge in [-0.15, -0.1) is 0 Å². The molecule has 0 spiro atoms. The van der Waals surface area contributed by atoms with Gasteiger partial charge in [0.15, 0.2) is 5.82 Å². The zero-order valence-corrected chi connectivity index (χ0v) is 11.6. The van der Waals surface area contributed by atoms with E-state index in [1.807, 2.05) is 0 Å². The molecule has 0 radical (unpaired) electrons. The lowest BCUT2D eigenvalue weighted by Crippen LogP contribution is -2.15. The quantitative estimate of drug-likeness (QED) is 0.943. The Morgan fingerprint density at radius 3 is 2.58 bits per heavy atom. The topological polar surface area (TPSA) is 59.1 Å². The summed E-state index contributed by atoms with van der Waals surface area (Å²) < 4.78 is 39.9. The van der Waals surface area contributed by atoms with Crippen molar-refractivity contribution in [2.45, 2.75) is 4.90 Å². The highest BCUT2D eigenvalue weighted by Gasteiger charge is 2.21. The Balaban J connectivity index is 2.44.